The Hall–Kier alpha value is -1.36. The SMILES string of the molecule is NC(CS(=O)(=O)c1ccccc1)c1cccc(Cl)c1. The van der Waals surface area contributed by atoms with E-state index in [4.69, 9.17) is 17.3 Å². The lowest BCUT2D eigenvalue weighted by Crippen LogP contribution is -2.21. The van der Waals surface area contributed by atoms with Gasteiger partial charge < -0.3 is 5.73 Å². The van der Waals surface area contributed by atoms with Crippen molar-refractivity contribution in [1.82, 2.24) is 0 Å². The fourth-order valence-electron chi connectivity index (χ4n) is 1.79. The van der Waals surface area contributed by atoms with Crippen LogP contribution >= 0.6 is 11.6 Å². The first-order chi connectivity index (χ1) is 8.99. The van der Waals surface area contributed by atoms with Crippen LogP contribution in [0.4, 0.5) is 0 Å². The molecular weight excluding hydrogens is 282 g/mol. The Kier molecular flexibility index (Phi) is 4.24. The van der Waals surface area contributed by atoms with Gasteiger partial charge in [-0.25, -0.2) is 8.42 Å². The number of hydrogen-bond donors (Lipinski definition) is 1. The van der Waals surface area contributed by atoms with E-state index in [9.17, 15) is 8.42 Å². The third-order valence-electron chi connectivity index (χ3n) is 2.78. The van der Waals surface area contributed by atoms with Crippen LogP contribution in [0.25, 0.3) is 0 Å². The van der Waals surface area contributed by atoms with Crippen LogP contribution in [0.15, 0.2) is 59.5 Å². The van der Waals surface area contributed by atoms with Crippen LogP contribution in [0, 0.1) is 0 Å². The van der Waals surface area contributed by atoms with E-state index in [2.05, 4.69) is 0 Å². The Labute approximate surface area is 117 Å². The Morgan fingerprint density at radius 1 is 1.05 bits per heavy atom. The van der Waals surface area contributed by atoms with Gasteiger partial charge >= 0.3 is 0 Å². The zero-order valence-electron chi connectivity index (χ0n) is 10.2. The second-order valence-corrected chi connectivity index (χ2v) is 6.73. The van der Waals surface area contributed by atoms with Gasteiger partial charge in [-0.3, -0.25) is 0 Å². The molecule has 2 aromatic rings. The molecule has 2 aromatic carbocycles. The molecule has 0 saturated carbocycles. The third kappa shape index (κ3) is 3.56. The van der Waals surface area contributed by atoms with Gasteiger partial charge in [0.2, 0.25) is 0 Å². The molecule has 0 fully saturated rings. The van der Waals surface area contributed by atoms with Crippen molar-refractivity contribution in [2.45, 2.75) is 10.9 Å². The van der Waals surface area contributed by atoms with Crippen molar-refractivity contribution in [2.75, 3.05) is 5.75 Å². The van der Waals surface area contributed by atoms with Gasteiger partial charge in [-0.05, 0) is 29.8 Å². The summed E-state index contributed by atoms with van der Waals surface area (Å²) in [6.07, 6.45) is 0. The molecule has 5 heteroatoms. The highest BCUT2D eigenvalue weighted by molar-refractivity contribution is 7.91. The summed E-state index contributed by atoms with van der Waals surface area (Å²) >= 11 is 5.87. The molecule has 0 aliphatic carbocycles. The normalized spacial score (nSPS) is 13.2. The predicted molar refractivity (Wildman–Crippen MR) is 76.9 cm³/mol. The molecule has 2 rings (SSSR count). The maximum Gasteiger partial charge on any atom is 0.180 e. The molecule has 100 valence electrons. The number of sulfone groups is 1. The van der Waals surface area contributed by atoms with Crippen LogP contribution in [-0.2, 0) is 9.84 Å². The zero-order valence-corrected chi connectivity index (χ0v) is 11.7. The largest absolute Gasteiger partial charge is 0.323 e. The van der Waals surface area contributed by atoms with Gasteiger partial charge in [-0.1, -0.05) is 41.9 Å². The summed E-state index contributed by atoms with van der Waals surface area (Å²) in [5, 5.41) is 0.546. The van der Waals surface area contributed by atoms with Crippen molar-refractivity contribution in [1.29, 1.82) is 0 Å². The average Bonchev–Trinajstić information content (AvgIpc) is 2.39. The Bertz CT molecular complexity index is 656. The molecule has 19 heavy (non-hydrogen) atoms. The lowest BCUT2D eigenvalue weighted by molar-refractivity contribution is 0.589. The van der Waals surface area contributed by atoms with Crippen LogP contribution in [0.3, 0.4) is 0 Å². The van der Waals surface area contributed by atoms with Gasteiger partial charge in [-0.15, -0.1) is 0 Å². The first kappa shape index (κ1) is 14.1. The van der Waals surface area contributed by atoms with Gasteiger partial charge in [0.05, 0.1) is 10.6 Å². The average molecular weight is 296 g/mol. The smallest absolute Gasteiger partial charge is 0.180 e. The van der Waals surface area contributed by atoms with Gasteiger partial charge in [0, 0.05) is 11.1 Å². The third-order valence-corrected chi connectivity index (χ3v) is 4.80. The summed E-state index contributed by atoms with van der Waals surface area (Å²) in [7, 11) is -3.39. The minimum absolute atomic E-state index is 0.142. The van der Waals surface area contributed by atoms with Crippen molar-refractivity contribution in [3.63, 3.8) is 0 Å². The molecule has 0 bridgehead atoms. The molecule has 0 spiro atoms. The maximum absolute atomic E-state index is 12.2. The van der Waals surface area contributed by atoms with E-state index in [1.54, 1.807) is 54.6 Å². The number of nitrogens with two attached hydrogens (primary N) is 1. The van der Waals surface area contributed by atoms with Gasteiger partial charge in [0.25, 0.3) is 0 Å². The van der Waals surface area contributed by atoms with Crippen LogP contribution in [0.2, 0.25) is 5.02 Å². The van der Waals surface area contributed by atoms with Crippen LogP contribution in [-0.4, -0.2) is 14.2 Å². The predicted octanol–water partition coefficient (Wildman–Crippen LogP) is 2.81. The molecule has 0 radical (unpaired) electrons. The molecule has 0 heterocycles. The van der Waals surface area contributed by atoms with E-state index in [1.165, 1.54) is 0 Å². The fourth-order valence-corrected chi connectivity index (χ4v) is 3.42. The molecule has 3 nitrogen and oxygen atoms in total. The number of benzene rings is 2. The molecule has 0 aromatic heterocycles. The van der Waals surface area contributed by atoms with E-state index >= 15 is 0 Å². The van der Waals surface area contributed by atoms with Crippen molar-refractivity contribution in [3.05, 3.63) is 65.2 Å². The quantitative estimate of drug-likeness (QED) is 0.943. The minimum Gasteiger partial charge on any atom is -0.323 e. The summed E-state index contributed by atoms with van der Waals surface area (Å²) in [6.45, 7) is 0. The topological polar surface area (TPSA) is 60.2 Å². The second kappa shape index (κ2) is 5.74. The van der Waals surface area contributed by atoms with Gasteiger partial charge in [0.1, 0.15) is 0 Å². The van der Waals surface area contributed by atoms with Crippen LogP contribution < -0.4 is 5.73 Å². The number of rotatable bonds is 4. The molecular formula is C14H14ClNO2S. The maximum atomic E-state index is 12.2. The summed E-state index contributed by atoms with van der Waals surface area (Å²) in [5.41, 5.74) is 6.66. The lowest BCUT2D eigenvalue weighted by Gasteiger charge is -2.13. The molecule has 0 aliphatic rings. The summed E-state index contributed by atoms with van der Waals surface area (Å²) < 4.78 is 24.4. The minimum atomic E-state index is -3.39. The summed E-state index contributed by atoms with van der Waals surface area (Å²) in [5.74, 6) is -0.142. The number of hydrogen-bond acceptors (Lipinski definition) is 3. The fraction of sp³-hybridized carbons (Fsp3) is 0.143. The summed E-state index contributed by atoms with van der Waals surface area (Å²) in [6, 6.07) is 14.6. The zero-order chi connectivity index (χ0) is 13.9. The van der Waals surface area contributed by atoms with E-state index in [0.717, 1.165) is 0 Å². The molecule has 0 saturated heterocycles. The summed E-state index contributed by atoms with van der Waals surface area (Å²) in [4.78, 5) is 0.285. The first-order valence-corrected chi connectivity index (χ1v) is 7.81. The molecule has 2 N–H and O–H groups in total. The van der Waals surface area contributed by atoms with E-state index in [-0.39, 0.29) is 10.6 Å². The highest BCUT2D eigenvalue weighted by Gasteiger charge is 2.19. The van der Waals surface area contributed by atoms with Crippen LogP contribution in [0.5, 0.6) is 0 Å². The van der Waals surface area contributed by atoms with Crippen molar-refractivity contribution in [3.8, 4) is 0 Å². The standard InChI is InChI=1S/C14H14ClNO2S/c15-12-6-4-5-11(9-12)14(16)10-19(17,18)13-7-2-1-3-8-13/h1-9,14H,10,16H2. The van der Waals surface area contributed by atoms with E-state index in [1.807, 2.05) is 0 Å². The van der Waals surface area contributed by atoms with Crippen molar-refractivity contribution < 1.29 is 8.42 Å². The van der Waals surface area contributed by atoms with Gasteiger partial charge in [-0.2, -0.15) is 0 Å². The van der Waals surface area contributed by atoms with E-state index < -0.39 is 15.9 Å². The Morgan fingerprint density at radius 3 is 2.37 bits per heavy atom. The molecule has 1 atom stereocenters. The lowest BCUT2D eigenvalue weighted by atomic mass is 10.1. The highest BCUT2D eigenvalue weighted by Crippen LogP contribution is 2.20. The Morgan fingerprint density at radius 2 is 1.74 bits per heavy atom. The number of halogens is 1. The van der Waals surface area contributed by atoms with Crippen LogP contribution in [0.1, 0.15) is 11.6 Å². The van der Waals surface area contributed by atoms with Gasteiger partial charge in [0.15, 0.2) is 9.84 Å². The van der Waals surface area contributed by atoms with Crippen molar-refractivity contribution in [2.24, 2.45) is 5.73 Å². The molecule has 0 amide bonds. The molecule has 1 unspecified atom stereocenters. The monoisotopic (exact) mass is 295 g/mol. The van der Waals surface area contributed by atoms with Crippen molar-refractivity contribution >= 4 is 21.4 Å². The van der Waals surface area contributed by atoms with E-state index in [0.29, 0.717) is 10.6 Å². The highest BCUT2D eigenvalue weighted by atomic mass is 35.5. The second-order valence-electron chi connectivity index (χ2n) is 4.26. The molecule has 0 aliphatic heterocycles. The first-order valence-electron chi connectivity index (χ1n) is 5.78. The Balaban J connectivity index is 2.22.